The van der Waals surface area contributed by atoms with Crippen LogP contribution in [0.4, 0.5) is 33.2 Å². The summed E-state index contributed by atoms with van der Waals surface area (Å²) in [5.41, 5.74) is 1.83. The Kier molecular flexibility index (Phi) is 6.00. The molecule has 0 saturated heterocycles. The smallest absolute Gasteiger partial charge is 0.238 e. The lowest BCUT2D eigenvalue weighted by Gasteiger charge is -2.28. The number of aromatic nitrogens is 2. The molecule has 3 aromatic rings. The highest BCUT2D eigenvalue weighted by Crippen LogP contribution is 2.37. The van der Waals surface area contributed by atoms with Crippen molar-refractivity contribution < 1.29 is 17.6 Å². The number of amides is 1. The fourth-order valence-corrected chi connectivity index (χ4v) is 4.57. The molecule has 1 aromatic heterocycles. The number of anilines is 5. The van der Waals surface area contributed by atoms with E-state index in [0.29, 0.717) is 23.7 Å². The number of fused-ring (bicyclic) bond motifs is 1. The van der Waals surface area contributed by atoms with Gasteiger partial charge in [0.1, 0.15) is 0 Å². The number of primary sulfonamides is 1. The van der Waals surface area contributed by atoms with Crippen LogP contribution in [-0.4, -0.2) is 36.6 Å². The number of hydrogen-bond acceptors (Lipinski definition) is 8. The Morgan fingerprint density at radius 2 is 1.88 bits per heavy atom. The van der Waals surface area contributed by atoms with E-state index < -0.39 is 15.8 Å². The van der Waals surface area contributed by atoms with Crippen molar-refractivity contribution in [2.24, 2.45) is 5.14 Å². The maximum absolute atomic E-state index is 14.4. The number of thioether (sulfide) groups is 1. The number of nitrogens with one attached hydrogen (secondary N) is 2. The van der Waals surface area contributed by atoms with Crippen molar-refractivity contribution in [3.8, 4) is 0 Å². The van der Waals surface area contributed by atoms with Crippen molar-refractivity contribution in [1.82, 2.24) is 9.97 Å². The molecule has 32 heavy (non-hydrogen) atoms. The molecule has 0 bridgehead atoms. The van der Waals surface area contributed by atoms with Crippen LogP contribution in [0.2, 0.25) is 0 Å². The summed E-state index contributed by atoms with van der Waals surface area (Å²) < 4.78 is 37.1. The first-order valence-corrected chi connectivity index (χ1v) is 12.0. The van der Waals surface area contributed by atoms with Gasteiger partial charge in [-0.05, 0) is 49.4 Å². The number of benzene rings is 2. The van der Waals surface area contributed by atoms with Crippen LogP contribution in [-0.2, 0) is 14.8 Å². The standard InChI is InChI=1S/C20H19FN6O3S2/c1-2-27-16-9-13(5-8-17(16)31-11-18(27)28)24-19-15(21)10-23-20(26-19)25-12-3-6-14(7-4-12)32(22,29)30/h3-10H,2,11H2,1H3,(H2,22,29,30)(H2,23,24,25,26). The van der Waals surface area contributed by atoms with Crippen LogP contribution in [0.25, 0.3) is 0 Å². The van der Waals surface area contributed by atoms with Gasteiger partial charge < -0.3 is 15.5 Å². The second kappa shape index (κ2) is 8.73. The summed E-state index contributed by atoms with van der Waals surface area (Å²) in [5.74, 6) is -0.190. The average Bonchev–Trinajstić information content (AvgIpc) is 2.76. The van der Waals surface area contributed by atoms with Gasteiger partial charge in [-0.1, -0.05) is 0 Å². The lowest BCUT2D eigenvalue weighted by atomic mass is 10.2. The van der Waals surface area contributed by atoms with E-state index in [4.69, 9.17) is 5.14 Å². The molecule has 9 nitrogen and oxygen atoms in total. The van der Waals surface area contributed by atoms with E-state index in [1.54, 1.807) is 17.0 Å². The number of carbonyl (C=O) groups is 1. The first kappa shape index (κ1) is 22.0. The van der Waals surface area contributed by atoms with Crippen LogP contribution in [0.3, 0.4) is 0 Å². The minimum atomic E-state index is -3.80. The highest BCUT2D eigenvalue weighted by atomic mass is 32.2. The molecule has 1 amide bonds. The molecular weight excluding hydrogens is 455 g/mol. The van der Waals surface area contributed by atoms with Gasteiger partial charge in [0.2, 0.25) is 21.9 Å². The predicted molar refractivity (Wildman–Crippen MR) is 122 cm³/mol. The van der Waals surface area contributed by atoms with Crippen LogP contribution >= 0.6 is 11.8 Å². The zero-order valence-corrected chi connectivity index (χ0v) is 18.5. The van der Waals surface area contributed by atoms with Gasteiger partial charge in [0.05, 0.1) is 22.5 Å². The average molecular weight is 475 g/mol. The molecule has 0 radical (unpaired) electrons. The van der Waals surface area contributed by atoms with Crippen LogP contribution in [0, 0.1) is 5.82 Å². The molecule has 0 atom stereocenters. The summed E-state index contributed by atoms with van der Waals surface area (Å²) in [6.07, 6.45) is 1.02. The Morgan fingerprint density at radius 3 is 2.56 bits per heavy atom. The molecule has 0 aliphatic carbocycles. The Balaban J connectivity index is 1.56. The number of carbonyl (C=O) groups excluding carboxylic acids is 1. The Morgan fingerprint density at radius 1 is 1.16 bits per heavy atom. The maximum atomic E-state index is 14.4. The number of hydrogen-bond donors (Lipinski definition) is 3. The van der Waals surface area contributed by atoms with E-state index in [1.165, 1.54) is 36.0 Å². The van der Waals surface area contributed by atoms with Crippen molar-refractivity contribution in [1.29, 1.82) is 0 Å². The largest absolute Gasteiger partial charge is 0.338 e. The molecule has 0 fully saturated rings. The van der Waals surface area contributed by atoms with E-state index in [0.717, 1.165) is 16.8 Å². The van der Waals surface area contributed by atoms with E-state index in [9.17, 15) is 17.6 Å². The Hall–Kier alpha value is -3.22. The van der Waals surface area contributed by atoms with E-state index >= 15 is 0 Å². The monoisotopic (exact) mass is 474 g/mol. The SMILES string of the molecule is CCN1C(=O)CSc2ccc(Nc3nc(Nc4ccc(S(N)(=O)=O)cc4)ncc3F)cc21. The summed E-state index contributed by atoms with van der Waals surface area (Å²) in [6.45, 7) is 2.44. The van der Waals surface area contributed by atoms with Crippen LogP contribution in [0.1, 0.15) is 6.92 Å². The van der Waals surface area contributed by atoms with Gasteiger partial charge in [0, 0.05) is 22.8 Å². The number of nitrogens with zero attached hydrogens (tertiary/aromatic N) is 3. The van der Waals surface area contributed by atoms with Gasteiger partial charge in [0.25, 0.3) is 0 Å². The second-order valence-corrected chi connectivity index (χ2v) is 9.40. The third kappa shape index (κ3) is 4.66. The molecule has 1 aliphatic rings. The molecule has 0 saturated carbocycles. The minimum Gasteiger partial charge on any atom is -0.338 e. The first-order valence-electron chi connectivity index (χ1n) is 9.51. The van der Waals surface area contributed by atoms with Crippen molar-refractivity contribution >= 4 is 56.5 Å². The van der Waals surface area contributed by atoms with Crippen molar-refractivity contribution in [2.45, 2.75) is 16.7 Å². The zero-order chi connectivity index (χ0) is 22.9. The summed E-state index contributed by atoms with van der Waals surface area (Å²) in [7, 11) is -3.80. The Bertz CT molecular complexity index is 1280. The molecule has 4 rings (SSSR count). The predicted octanol–water partition coefficient (Wildman–Crippen LogP) is 3.21. The van der Waals surface area contributed by atoms with Gasteiger partial charge in [0.15, 0.2) is 11.6 Å². The third-order valence-electron chi connectivity index (χ3n) is 4.66. The quantitative estimate of drug-likeness (QED) is 0.497. The number of sulfonamides is 1. The molecule has 4 N–H and O–H groups in total. The maximum Gasteiger partial charge on any atom is 0.238 e. The zero-order valence-electron chi connectivity index (χ0n) is 16.9. The topological polar surface area (TPSA) is 130 Å². The fraction of sp³-hybridized carbons (Fsp3) is 0.150. The van der Waals surface area contributed by atoms with E-state index in [1.807, 2.05) is 13.0 Å². The highest BCUT2D eigenvalue weighted by molar-refractivity contribution is 8.00. The molecule has 2 aromatic carbocycles. The van der Waals surface area contributed by atoms with Crippen LogP contribution in [0.5, 0.6) is 0 Å². The molecule has 1 aliphatic heterocycles. The molecule has 2 heterocycles. The lowest BCUT2D eigenvalue weighted by Crippen LogP contribution is -2.35. The van der Waals surface area contributed by atoms with Gasteiger partial charge in [-0.2, -0.15) is 4.98 Å². The highest BCUT2D eigenvalue weighted by Gasteiger charge is 2.23. The number of rotatable bonds is 6. The van der Waals surface area contributed by atoms with Crippen LogP contribution < -0.4 is 20.7 Å². The van der Waals surface area contributed by atoms with E-state index in [2.05, 4.69) is 20.6 Å². The number of nitrogens with two attached hydrogens (primary N) is 1. The first-order chi connectivity index (χ1) is 15.2. The van der Waals surface area contributed by atoms with Gasteiger partial charge in [-0.25, -0.2) is 22.9 Å². The summed E-state index contributed by atoms with van der Waals surface area (Å²) in [5, 5.41) is 10.9. The lowest BCUT2D eigenvalue weighted by molar-refractivity contribution is -0.116. The van der Waals surface area contributed by atoms with E-state index in [-0.39, 0.29) is 22.6 Å². The summed E-state index contributed by atoms with van der Waals surface area (Å²) >= 11 is 1.47. The minimum absolute atomic E-state index is 0.0234. The molecule has 0 spiro atoms. The molecule has 0 unspecified atom stereocenters. The van der Waals surface area contributed by atoms with Gasteiger partial charge >= 0.3 is 0 Å². The third-order valence-corrected chi connectivity index (χ3v) is 6.64. The second-order valence-electron chi connectivity index (χ2n) is 6.82. The van der Waals surface area contributed by atoms with Gasteiger partial charge in [-0.3, -0.25) is 4.79 Å². The fourth-order valence-electron chi connectivity index (χ4n) is 3.14. The normalized spacial score (nSPS) is 13.6. The van der Waals surface area contributed by atoms with Gasteiger partial charge in [-0.15, -0.1) is 11.8 Å². The van der Waals surface area contributed by atoms with Crippen molar-refractivity contribution in [3.05, 3.63) is 54.5 Å². The number of halogens is 1. The summed E-state index contributed by atoms with van der Waals surface area (Å²) in [4.78, 5) is 22.9. The molecular formula is C20H19FN6O3S2. The summed E-state index contributed by atoms with van der Waals surface area (Å²) in [6, 6.07) is 11.1. The van der Waals surface area contributed by atoms with Crippen molar-refractivity contribution in [2.75, 3.05) is 27.8 Å². The molecule has 12 heteroatoms. The Labute approximate surface area is 188 Å². The van der Waals surface area contributed by atoms with Crippen molar-refractivity contribution in [3.63, 3.8) is 0 Å². The molecule has 166 valence electrons. The van der Waals surface area contributed by atoms with Crippen LogP contribution in [0.15, 0.2) is 58.5 Å².